The van der Waals surface area contributed by atoms with Gasteiger partial charge in [0.25, 0.3) is 0 Å². The zero-order valence-electron chi connectivity index (χ0n) is 48.1. The maximum atomic E-state index is 13.3. The maximum Gasteiger partial charge on any atom is 0.220 e. The molecular formula is C60H109NO18. The molecule has 19 nitrogen and oxygen atoms in total. The summed E-state index contributed by atoms with van der Waals surface area (Å²) in [7, 11) is 0. The largest absolute Gasteiger partial charge is 0.394 e. The van der Waals surface area contributed by atoms with Crippen LogP contribution in [0.5, 0.6) is 0 Å². The summed E-state index contributed by atoms with van der Waals surface area (Å²) in [6.45, 7) is 1.67. The van der Waals surface area contributed by atoms with Crippen LogP contribution in [0.3, 0.4) is 0 Å². The molecule has 1 amide bonds. The standard InChI is InChI=1S/C60H109NO18/c1-3-5-7-9-11-13-15-17-18-19-20-21-22-23-24-25-26-27-29-31-33-35-37-44(65)43(61-48(66)38-36-34-32-30-28-16-14-12-10-8-6-4-2)42-74-58-54(72)51(69)56(46(40-63)76-58)79-60-55(73)52(70)57(47(41-64)77-60)78-59-53(71)50(68)49(67)45(39-62)75-59/h12,14,27,29,35,37,43-47,49-60,62-65,67-73H,3-11,13,15-26,28,30-34,36,38-42H2,1-2H3,(H,61,66)/b14-12-,29-27+,37-35+. The summed E-state index contributed by atoms with van der Waals surface area (Å²) < 4.78 is 34.2. The van der Waals surface area contributed by atoms with E-state index in [2.05, 4.69) is 43.5 Å². The van der Waals surface area contributed by atoms with E-state index >= 15 is 0 Å². The Labute approximate surface area is 472 Å². The molecule has 0 spiro atoms. The molecule has 0 aromatic rings. The molecule has 3 saturated heterocycles. The molecule has 0 aromatic carbocycles. The van der Waals surface area contributed by atoms with Crippen molar-refractivity contribution in [1.29, 1.82) is 0 Å². The topological polar surface area (TPSA) is 307 Å². The first kappa shape index (κ1) is 71.3. The first-order chi connectivity index (χ1) is 38.3. The number of aliphatic hydroxyl groups excluding tert-OH is 11. The molecule has 3 fully saturated rings. The van der Waals surface area contributed by atoms with Crippen molar-refractivity contribution < 1.29 is 89.4 Å². The minimum absolute atomic E-state index is 0.225. The summed E-state index contributed by atoms with van der Waals surface area (Å²) in [6, 6.07) is -0.992. The van der Waals surface area contributed by atoms with Gasteiger partial charge in [0, 0.05) is 6.42 Å². The number of amides is 1. The van der Waals surface area contributed by atoms with Crippen molar-refractivity contribution in [3.05, 3.63) is 36.5 Å². The normalized spacial score (nSPS) is 30.5. The molecule has 0 saturated carbocycles. The second-order valence-corrected chi connectivity index (χ2v) is 22.2. The third-order valence-electron chi connectivity index (χ3n) is 15.4. The monoisotopic (exact) mass is 1130 g/mol. The van der Waals surface area contributed by atoms with Crippen LogP contribution < -0.4 is 5.32 Å². The fourth-order valence-electron chi connectivity index (χ4n) is 10.3. The molecule has 3 heterocycles. The first-order valence-electron chi connectivity index (χ1n) is 30.7. The molecule has 79 heavy (non-hydrogen) atoms. The maximum absolute atomic E-state index is 13.3. The summed E-state index contributed by atoms with van der Waals surface area (Å²) in [6.07, 6.45) is 20.0. The lowest BCUT2D eigenvalue weighted by molar-refractivity contribution is -0.379. The van der Waals surface area contributed by atoms with Crippen molar-refractivity contribution >= 4 is 5.91 Å². The van der Waals surface area contributed by atoms with E-state index in [-0.39, 0.29) is 18.9 Å². The Morgan fingerprint density at radius 2 is 0.810 bits per heavy atom. The van der Waals surface area contributed by atoms with Crippen molar-refractivity contribution in [3.8, 4) is 0 Å². The smallest absolute Gasteiger partial charge is 0.220 e. The van der Waals surface area contributed by atoms with E-state index < -0.39 is 124 Å². The van der Waals surface area contributed by atoms with Crippen LogP contribution in [0.4, 0.5) is 0 Å². The number of nitrogens with one attached hydrogen (secondary N) is 1. The third-order valence-corrected chi connectivity index (χ3v) is 15.4. The van der Waals surface area contributed by atoms with Crippen LogP contribution in [0.1, 0.15) is 206 Å². The molecule has 17 unspecified atom stereocenters. The van der Waals surface area contributed by atoms with E-state index in [4.69, 9.17) is 28.4 Å². The lowest BCUT2D eigenvalue weighted by Crippen LogP contribution is -2.66. The Morgan fingerprint density at radius 3 is 1.29 bits per heavy atom. The lowest BCUT2D eigenvalue weighted by atomic mass is 9.96. The van der Waals surface area contributed by atoms with Gasteiger partial charge in [0.05, 0.1) is 38.6 Å². The van der Waals surface area contributed by atoms with Crippen LogP contribution >= 0.6 is 0 Å². The van der Waals surface area contributed by atoms with Crippen molar-refractivity contribution in [2.45, 2.75) is 311 Å². The van der Waals surface area contributed by atoms with Crippen LogP contribution in [0, 0.1) is 0 Å². The number of aliphatic hydroxyl groups is 11. The van der Waals surface area contributed by atoms with Gasteiger partial charge in [0.15, 0.2) is 18.9 Å². The summed E-state index contributed by atoms with van der Waals surface area (Å²) in [5.41, 5.74) is 0. The number of carbonyl (C=O) groups is 1. The van der Waals surface area contributed by atoms with Gasteiger partial charge >= 0.3 is 0 Å². The van der Waals surface area contributed by atoms with E-state index in [1.165, 1.54) is 116 Å². The van der Waals surface area contributed by atoms with Gasteiger partial charge in [0.1, 0.15) is 73.2 Å². The molecule has 12 N–H and O–H groups in total. The average Bonchev–Trinajstić information content (AvgIpc) is 3.57. The van der Waals surface area contributed by atoms with Crippen LogP contribution in [-0.4, -0.2) is 193 Å². The molecule has 0 bridgehead atoms. The van der Waals surface area contributed by atoms with E-state index in [0.29, 0.717) is 12.8 Å². The lowest BCUT2D eigenvalue weighted by Gasteiger charge is -2.48. The Bertz CT molecular complexity index is 1590. The second-order valence-electron chi connectivity index (χ2n) is 22.2. The Kier molecular flexibility index (Phi) is 39.4. The van der Waals surface area contributed by atoms with Gasteiger partial charge in [-0.15, -0.1) is 0 Å². The van der Waals surface area contributed by atoms with Gasteiger partial charge < -0.3 is 89.9 Å². The van der Waals surface area contributed by atoms with Crippen molar-refractivity contribution in [2.24, 2.45) is 0 Å². The number of rotatable bonds is 45. The molecule has 3 aliphatic heterocycles. The fourth-order valence-corrected chi connectivity index (χ4v) is 10.3. The van der Waals surface area contributed by atoms with Crippen molar-refractivity contribution in [1.82, 2.24) is 5.32 Å². The Balaban J connectivity index is 1.49. The number of unbranched alkanes of at least 4 members (excludes halogenated alkanes) is 25. The van der Waals surface area contributed by atoms with Crippen LogP contribution in [0.25, 0.3) is 0 Å². The molecule has 3 rings (SSSR count). The number of carbonyl (C=O) groups excluding carboxylic acids is 1. The van der Waals surface area contributed by atoms with E-state index in [9.17, 15) is 61.0 Å². The van der Waals surface area contributed by atoms with Gasteiger partial charge in [-0.2, -0.15) is 0 Å². The van der Waals surface area contributed by atoms with Gasteiger partial charge in [-0.05, 0) is 57.8 Å². The fraction of sp³-hybridized carbons (Fsp3) is 0.883. The van der Waals surface area contributed by atoms with Gasteiger partial charge in [-0.3, -0.25) is 4.79 Å². The average molecular weight is 1130 g/mol. The minimum atomic E-state index is -1.98. The Morgan fingerprint density at radius 1 is 0.443 bits per heavy atom. The highest BCUT2D eigenvalue weighted by Crippen LogP contribution is 2.33. The second kappa shape index (κ2) is 43.6. The van der Waals surface area contributed by atoms with E-state index in [0.717, 1.165) is 57.8 Å². The molecule has 462 valence electrons. The minimum Gasteiger partial charge on any atom is -0.394 e. The van der Waals surface area contributed by atoms with E-state index in [1.807, 2.05) is 6.08 Å². The van der Waals surface area contributed by atoms with Gasteiger partial charge in [-0.25, -0.2) is 0 Å². The molecule has 3 aliphatic rings. The van der Waals surface area contributed by atoms with Crippen LogP contribution in [-0.2, 0) is 33.2 Å². The number of hydrogen-bond acceptors (Lipinski definition) is 18. The quantitative estimate of drug-likeness (QED) is 0.0257. The zero-order valence-corrected chi connectivity index (χ0v) is 48.1. The number of allylic oxidation sites excluding steroid dienone is 5. The molecule has 0 radical (unpaired) electrons. The number of hydrogen-bond donors (Lipinski definition) is 12. The molecule has 0 aromatic heterocycles. The summed E-state index contributed by atoms with van der Waals surface area (Å²) in [4.78, 5) is 13.3. The van der Waals surface area contributed by atoms with Crippen LogP contribution in [0.2, 0.25) is 0 Å². The molecule has 0 aliphatic carbocycles. The summed E-state index contributed by atoms with van der Waals surface area (Å²) in [5.74, 6) is -0.296. The van der Waals surface area contributed by atoms with Crippen molar-refractivity contribution in [2.75, 3.05) is 26.4 Å². The molecular weight excluding hydrogens is 1020 g/mol. The van der Waals surface area contributed by atoms with Crippen molar-refractivity contribution in [3.63, 3.8) is 0 Å². The third kappa shape index (κ3) is 27.5. The highest BCUT2D eigenvalue weighted by molar-refractivity contribution is 5.76. The SMILES string of the molecule is CCCCC/C=C\CCCCCCCC(=O)NC(COC1OC(CO)C(OC2OC(CO)C(OC3OC(CO)C(O)C(O)C3O)C(O)C2O)C(O)C1O)C(O)/C=C/CC/C=C/CCCCCCCCCCCCCCCCCC. The summed E-state index contributed by atoms with van der Waals surface area (Å²) in [5, 5.41) is 120. The predicted molar refractivity (Wildman–Crippen MR) is 300 cm³/mol. The van der Waals surface area contributed by atoms with Gasteiger partial charge in [-0.1, -0.05) is 179 Å². The highest BCUT2D eigenvalue weighted by atomic mass is 16.8. The predicted octanol–water partition coefficient (Wildman–Crippen LogP) is 5.71. The highest BCUT2D eigenvalue weighted by Gasteiger charge is 2.53. The molecule has 19 heteroatoms. The zero-order chi connectivity index (χ0) is 57.6. The first-order valence-corrected chi connectivity index (χ1v) is 30.7. The summed E-state index contributed by atoms with van der Waals surface area (Å²) >= 11 is 0. The van der Waals surface area contributed by atoms with E-state index in [1.54, 1.807) is 6.08 Å². The number of ether oxygens (including phenoxy) is 6. The Hall–Kier alpha value is -1.99. The molecule has 17 atom stereocenters. The van der Waals surface area contributed by atoms with Gasteiger partial charge in [0.2, 0.25) is 5.91 Å². The van der Waals surface area contributed by atoms with Crippen LogP contribution in [0.15, 0.2) is 36.5 Å².